The van der Waals surface area contributed by atoms with Crippen molar-refractivity contribution in [2.24, 2.45) is 0 Å². The third kappa shape index (κ3) is 1.38. The van der Waals surface area contributed by atoms with E-state index < -0.39 is 0 Å². The summed E-state index contributed by atoms with van der Waals surface area (Å²) in [6.45, 7) is 2.15. The highest BCUT2D eigenvalue weighted by Crippen LogP contribution is 2.33. The topological polar surface area (TPSA) is 9.23 Å². The first-order valence-electron chi connectivity index (χ1n) is 5.25. The van der Waals surface area contributed by atoms with E-state index in [2.05, 4.69) is 37.3 Å². The van der Waals surface area contributed by atoms with E-state index in [9.17, 15) is 0 Å². The molecule has 1 aromatic heterocycles. The van der Waals surface area contributed by atoms with Crippen LogP contribution in [0.2, 0.25) is 0 Å². The maximum atomic E-state index is 5.24. The molecule has 0 N–H and O–H groups in total. The Morgan fingerprint density at radius 2 is 1.81 bits per heavy atom. The Labute approximate surface area is 98.3 Å². The van der Waals surface area contributed by atoms with Gasteiger partial charge in [-0.1, -0.05) is 12.1 Å². The van der Waals surface area contributed by atoms with Crippen molar-refractivity contribution in [2.75, 3.05) is 7.11 Å². The van der Waals surface area contributed by atoms with Gasteiger partial charge in [-0.3, -0.25) is 0 Å². The zero-order chi connectivity index (χ0) is 11.1. The molecule has 1 heterocycles. The molecule has 3 aromatic rings. The van der Waals surface area contributed by atoms with Gasteiger partial charge in [0.1, 0.15) is 5.75 Å². The number of fused-ring (bicyclic) bond motifs is 3. The van der Waals surface area contributed by atoms with E-state index in [0.29, 0.717) is 0 Å². The summed E-state index contributed by atoms with van der Waals surface area (Å²) >= 11 is 1.85. The van der Waals surface area contributed by atoms with Crippen LogP contribution in [0.5, 0.6) is 5.75 Å². The average molecular weight is 228 g/mol. The molecule has 0 fully saturated rings. The molecule has 0 spiro atoms. The fourth-order valence-corrected chi connectivity index (χ4v) is 3.11. The SMILES string of the molecule is COc1ccc2c(ccc3cc(C)sc32)c1. The molecule has 0 saturated heterocycles. The van der Waals surface area contributed by atoms with Crippen LogP contribution in [0.15, 0.2) is 36.4 Å². The number of thiophene rings is 1. The van der Waals surface area contributed by atoms with Crippen molar-refractivity contribution in [1.82, 2.24) is 0 Å². The molecule has 2 heteroatoms. The first-order chi connectivity index (χ1) is 7.78. The smallest absolute Gasteiger partial charge is 0.119 e. The van der Waals surface area contributed by atoms with Crippen LogP contribution >= 0.6 is 11.3 Å². The molecule has 0 unspecified atom stereocenters. The van der Waals surface area contributed by atoms with Crippen molar-refractivity contribution in [2.45, 2.75) is 6.92 Å². The van der Waals surface area contributed by atoms with Crippen LogP contribution in [0.1, 0.15) is 4.88 Å². The first kappa shape index (κ1) is 9.67. The molecule has 0 radical (unpaired) electrons. The summed E-state index contributed by atoms with van der Waals surface area (Å²) in [6.07, 6.45) is 0. The van der Waals surface area contributed by atoms with Gasteiger partial charge in [-0.05, 0) is 47.3 Å². The summed E-state index contributed by atoms with van der Waals surface area (Å²) < 4.78 is 6.62. The molecular formula is C14H12OS. The Morgan fingerprint density at radius 1 is 1.00 bits per heavy atom. The molecule has 0 saturated carbocycles. The lowest BCUT2D eigenvalue weighted by molar-refractivity contribution is 0.415. The number of ether oxygens (including phenoxy) is 1. The minimum absolute atomic E-state index is 0.917. The third-order valence-electron chi connectivity index (χ3n) is 2.83. The zero-order valence-electron chi connectivity index (χ0n) is 9.28. The molecule has 0 bridgehead atoms. The number of hydrogen-bond donors (Lipinski definition) is 0. The van der Waals surface area contributed by atoms with Gasteiger partial charge in [-0.2, -0.15) is 0 Å². The second-order valence-electron chi connectivity index (χ2n) is 3.93. The molecule has 0 aliphatic rings. The molecule has 2 aromatic carbocycles. The van der Waals surface area contributed by atoms with Crippen LogP contribution in [-0.4, -0.2) is 7.11 Å². The summed E-state index contributed by atoms with van der Waals surface area (Å²) in [4.78, 5) is 1.36. The Bertz CT molecular complexity index is 667. The van der Waals surface area contributed by atoms with E-state index in [1.54, 1.807) is 7.11 Å². The zero-order valence-corrected chi connectivity index (χ0v) is 10.1. The van der Waals surface area contributed by atoms with Crippen molar-refractivity contribution in [3.8, 4) is 5.75 Å². The molecule has 1 nitrogen and oxygen atoms in total. The quantitative estimate of drug-likeness (QED) is 0.601. The van der Waals surface area contributed by atoms with E-state index in [0.717, 1.165) is 5.75 Å². The van der Waals surface area contributed by atoms with Gasteiger partial charge >= 0.3 is 0 Å². The fourth-order valence-electron chi connectivity index (χ4n) is 2.06. The average Bonchev–Trinajstić information content (AvgIpc) is 2.69. The van der Waals surface area contributed by atoms with Crippen LogP contribution in [0.3, 0.4) is 0 Å². The molecule has 0 amide bonds. The molecule has 16 heavy (non-hydrogen) atoms. The van der Waals surface area contributed by atoms with E-state index in [1.165, 1.54) is 25.7 Å². The molecule has 80 valence electrons. The number of benzene rings is 2. The lowest BCUT2D eigenvalue weighted by atomic mass is 10.1. The molecule has 0 aliphatic carbocycles. The summed E-state index contributed by atoms with van der Waals surface area (Å²) in [5.74, 6) is 0.917. The van der Waals surface area contributed by atoms with Crippen LogP contribution in [0.25, 0.3) is 20.9 Å². The van der Waals surface area contributed by atoms with Gasteiger partial charge in [-0.15, -0.1) is 11.3 Å². The fraction of sp³-hybridized carbons (Fsp3) is 0.143. The predicted octanol–water partition coefficient (Wildman–Crippen LogP) is 4.37. The number of rotatable bonds is 1. The summed E-state index contributed by atoms with van der Waals surface area (Å²) in [5, 5.41) is 3.89. The Hall–Kier alpha value is -1.54. The van der Waals surface area contributed by atoms with Gasteiger partial charge in [0.05, 0.1) is 7.11 Å². The highest BCUT2D eigenvalue weighted by atomic mass is 32.1. The summed E-state index contributed by atoms with van der Waals surface area (Å²) in [6, 6.07) is 12.8. The largest absolute Gasteiger partial charge is 0.497 e. The van der Waals surface area contributed by atoms with Crippen LogP contribution < -0.4 is 4.74 Å². The van der Waals surface area contributed by atoms with Crippen molar-refractivity contribution in [3.63, 3.8) is 0 Å². The molecule has 0 atom stereocenters. The van der Waals surface area contributed by atoms with Crippen LogP contribution in [0, 0.1) is 6.92 Å². The van der Waals surface area contributed by atoms with Gasteiger partial charge in [0.25, 0.3) is 0 Å². The van der Waals surface area contributed by atoms with Gasteiger partial charge in [0, 0.05) is 9.58 Å². The Kier molecular flexibility index (Phi) is 2.11. The minimum Gasteiger partial charge on any atom is -0.497 e. The summed E-state index contributed by atoms with van der Waals surface area (Å²) in [7, 11) is 1.70. The van der Waals surface area contributed by atoms with Crippen molar-refractivity contribution < 1.29 is 4.74 Å². The minimum atomic E-state index is 0.917. The van der Waals surface area contributed by atoms with Crippen LogP contribution in [-0.2, 0) is 0 Å². The third-order valence-corrected chi connectivity index (χ3v) is 3.93. The van der Waals surface area contributed by atoms with E-state index in [-0.39, 0.29) is 0 Å². The maximum Gasteiger partial charge on any atom is 0.119 e. The van der Waals surface area contributed by atoms with Crippen LogP contribution in [0.4, 0.5) is 0 Å². The second-order valence-corrected chi connectivity index (χ2v) is 5.18. The monoisotopic (exact) mass is 228 g/mol. The van der Waals surface area contributed by atoms with E-state index in [1.807, 2.05) is 17.4 Å². The van der Waals surface area contributed by atoms with Gasteiger partial charge in [0.15, 0.2) is 0 Å². The molecule has 0 aliphatic heterocycles. The Balaban J connectivity index is 2.42. The predicted molar refractivity (Wildman–Crippen MR) is 70.6 cm³/mol. The van der Waals surface area contributed by atoms with E-state index >= 15 is 0 Å². The van der Waals surface area contributed by atoms with Gasteiger partial charge < -0.3 is 4.74 Å². The van der Waals surface area contributed by atoms with Gasteiger partial charge in [0.2, 0.25) is 0 Å². The Morgan fingerprint density at radius 3 is 2.62 bits per heavy atom. The highest BCUT2D eigenvalue weighted by Gasteiger charge is 2.04. The number of aryl methyl sites for hydroxylation is 1. The van der Waals surface area contributed by atoms with E-state index in [4.69, 9.17) is 4.74 Å². The number of methoxy groups -OCH3 is 1. The van der Waals surface area contributed by atoms with Crippen molar-refractivity contribution >= 4 is 32.2 Å². The maximum absolute atomic E-state index is 5.24. The van der Waals surface area contributed by atoms with Gasteiger partial charge in [-0.25, -0.2) is 0 Å². The molecular weight excluding hydrogens is 216 g/mol. The van der Waals surface area contributed by atoms with Crippen molar-refractivity contribution in [3.05, 3.63) is 41.3 Å². The first-order valence-corrected chi connectivity index (χ1v) is 6.06. The normalized spacial score (nSPS) is 11.1. The second kappa shape index (κ2) is 3.49. The molecule has 3 rings (SSSR count). The van der Waals surface area contributed by atoms with Crippen molar-refractivity contribution in [1.29, 1.82) is 0 Å². The summed E-state index contributed by atoms with van der Waals surface area (Å²) in [5.41, 5.74) is 0. The number of hydrogen-bond acceptors (Lipinski definition) is 2. The lowest BCUT2D eigenvalue weighted by Crippen LogP contribution is -1.81. The highest BCUT2D eigenvalue weighted by molar-refractivity contribution is 7.20. The lowest BCUT2D eigenvalue weighted by Gasteiger charge is -2.03. The standard InChI is InChI=1S/C14H12OS/c1-9-7-11-4-3-10-8-12(15-2)5-6-13(10)14(11)16-9/h3-8H,1-2H3.